The van der Waals surface area contributed by atoms with Crippen LogP contribution in [-0.4, -0.2) is 45.4 Å². The molecule has 1 aromatic heterocycles. The van der Waals surface area contributed by atoms with Crippen LogP contribution in [0.15, 0.2) is 12.4 Å². The summed E-state index contributed by atoms with van der Waals surface area (Å²) in [5, 5.41) is 15.3. The third-order valence-electron chi connectivity index (χ3n) is 3.79. The highest BCUT2D eigenvalue weighted by molar-refractivity contribution is 5.88. The number of carboxylic acid groups (broad SMARTS) is 1. The van der Waals surface area contributed by atoms with Crippen molar-refractivity contribution in [1.82, 2.24) is 14.7 Å². The number of carbonyl (C=O) groups is 2. The van der Waals surface area contributed by atoms with Gasteiger partial charge in [0.2, 0.25) is 0 Å². The topological polar surface area (TPSA) is 87.5 Å². The van der Waals surface area contributed by atoms with E-state index in [0.717, 1.165) is 6.54 Å². The molecule has 0 saturated heterocycles. The van der Waals surface area contributed by atoms with Gasteiger partial charge in [-0.3, -0.25) is 9.48 Å². The smallest absolute Gasteiger partial charge is 0.325 e. The summed E-state index contributed by atoms with van der Waals surface area (Å²) in [7, 11) is 1.78. The van der Waals surface area contributed by atoms with Gasteiger partial charge in [0.1, 0.15) is 6.54 Å². The van der Waals surface area contributed by atoms with Gasteiger partial charge in [-0.05, 0) is 18.8 Å². The van der Waals surface area contributed by atoms with Crippen molar-refractivity contribution in [3.8, 4) is 0 Å². The van der Waals surface area contributed by atoms with Gasteiger partial charge in [-0.15, -0.1) is 0 Å². The van der Waals surface area contributed by atoms with E-state index in [4.69, 9.17) is 5.11 Å². The molecular weight excluding hydrogens is 272 g/mol. The zero-order valence-corrected chi connectivity index (χ0v) is 12.3. The molecule has 1 saturated carbocycles. The summed E-state index contributed by atoms with van der Waals surface area (Å²) in [6, 6.07) is -0.185. The standard InChI is InChI=1S/C14H22N4O3/c1-17(8-11-5-3-2-4-6-11)14(21)16-12-7-15-18(9-12)10-13(19)20/h7,9,11H,2-6,8,10H2,1H3,(H,16,21)(H,19,20). The van der Waals surface area contributed by atoms with Crippen LogP contribution in [0, 0.1) is 5.92 Å². The molecule has 1 aliphatic carbocycles. The molecule has 0 bridgehead atoms. The molecule has 7 nitrogen and oxygen atoms in total. The van der Waals surface area contributed by atoms with Crippen molar-refractivity contribution >= 4 is 17.7 Å². The van der Waals surface area contributed by atoms with Crippen molar-refractivity contribution in [2.24, 2.45) is 5.92 Å². The second kappa shape index (κ2) is 7.10. The Hall–Kier alpha value is -2.05. The van der Waals surface area contributed by atoms with E-state index < -0.39 is 5.97 Å². The minimum atomic E-state index is -0.967. The Morgan fingerprint density at radius 1 is 1.43 bits per heavy atom. The Bertz CT molecular complexity index is 494. The summed E-state index contributed by atoms with van der Waals surface area (Å²) in [5.74, 6) is -0.380. The predicted octanol–water partition coefficient (Wildman–Crippen LogP) is 2.01. The van der Waals surface area contributed by atoms with E-state index in [0.29, 0.717) is 11.6 Å². The zero-order chi connectivity index (χ0) is 15.2. The molecule has 21 heavy (non-hydrogen) atoms. The van der Waals surface area contributed by atoms with Gasteiger partial charge in [-0.2, -0.15) is 5.10 Å². The molecule has 116 valence electrons. The Morgan fingerprint density at radius 3 is 2.81 bits per heavy atom. The molecule has 7 heteroatoms. The Balaban J connectivity index is 1.82. The average molecular weight is 294 g/mol. The third kappa shape index (κ3) is 4.77. The molecule has 2 rings (SSSR count). The summed E-state index contributed by atoms with van der Waals surface area (Å²) in [5.41, 5.74) is 0.511. The fourth-order valence-corrected chi connectivity index (χ4v) is 2.71. The highest BCUT2D eigenvalue weighted by atomic mass is 16.4. The largest absolute Gasteiger partial charge is 0.480 e. The molecular formula is C14H22N4O3. The first-order chi connectivity index (χ1) is 10.0. The van der Waals surface area contributed by atoms with Crippen LogP contribution in [0.4, 0.5) is 10.5 Å². The maximum absolute atomic E-state index is 12.1. The molecule has 1 heterocycles. The van der Waals surface area contributed by atoms with Crippen LogP contribution in [0.5, 0.6) is 0 Å². The van der Waals surface area contributed by atoms with E-state index >= 15 is 0 Å². The lowest BCUT2D eigenvalue weighted by atomic mass is 9.89. The normalized spacial score (nSPS) is 15.7. The fourth-order valence-electron chi connectivity index (χ4n) is 2.71. The van der Waals surface area contributed by atoms with Crippen molar-refractivity contribution in [1.29, 1.82) is 0 Å². The first kappa shape index (κ1) is 15.3. The maximum Gasteiger partial charge on any atom is 0.325 e. The van der Waals surface area contributed by atoms with Crippen LogP contribution < -0.4 is 5.32 Å². The molecule has 1 aliphatic rings. The number of nitrogens with one attached hydrogen (secondary N) is 1. The predicted molar refractivity (Wildman–Crippen MR) is 78.1 cm³/mol. The van der Waals surface area contributed by atoms with Crippen molar-refractivity contribution in [3.63, 3.8) is 0 Å². The summed E-state index contributed by atoms with van der Waals surface area (Å²) in [4.78, 5) is 24.3. The second-order valence-electron chi connectivity index (χ2n) is 5.64. The zero-order valence-electron chi connectivity index (χ0n) is 12.3. The number of nitrogens with zero attached hydrogens (tertiary/aromatic N) is 3. The van der Waals surface area contributed by atoms with Crippen LogP contribution in [-0.2, 0) is 11.3 Å². The number of hydrogen-bond donors (Lipinski definition) is 2. The number of aliphatic carboxylic acids is 1. The van der Waals surface area contributed by atoms with Crippen LogP contribution >= 0.6 is 0 Å². The molecule has 2 N–H and O–H groups in total. The van der Waals surface area contributed by atoms with Crippen LogP contribution in [0.3, 0.4) is 0 Å². The number of amides is 2. The minimum absolute atomic E-state index is 0.185. The van der Waals surface area contributed by atoms with Gasteiger partial charge in [-0.25, -0.2) is 4.79 Å². The monoisotopic (exact) mass is 294 g/mol. The molecule has 1 fully saturated rings. The van der Waals surface area contributed by atoms with E-state index in [2.05, 4.69) is 10.4 Å². The van der Waals surface area contributed by atoms with E-state index in [1.54, 1.807) is 11.9 Å². The van der Waals surface area contributed by atoms with Crippen LogP contribution in [0.2, 0.25) is 0 Å². The number of hydrogen-bond acceptors (Lipinski definition) is 3. The highest BCUT2D eigenvalue weighted by Gasteiger charge is 2.18. The Kier molecular flexibility index (Phi) is 5.19. The summed E-state index contributed by atoms with van der Waals surface area (Å²) >= 11 is 0. The quantitative estimate of drug-likeness (QED) is 0.869. The lowest BCUT2D eigenvalue weighted by molar-refractivity contribution is -0.137. The molecule has 0 unspecified atom stereocenters. The number of aromatic nitrogens is 2. The number of carbonyl (C=O) groups excluding carboxylic acids is 1. The molecule has 0 radical (unpaired) electrons. The van der Waals surface area contributed by atoms with Crippen LogP contribution in [0.25, 0.3) is 0 Å². The fraction of sp³-hybridized carbons (Fsp3) is 0.643. The SMILES string of the molecule is CN(CC1CCCCC1)C(=O)Nc1cnn(CC(=O)O)c1. The summed E-state index contributed by atoms with van der Waals surface area (Å²) in [6.07, 6.45) is 9.15. The van der Waals surface area contributed by atoms with Gasteiger partial charge in [0.15, 0.2) is 0 Å². The molecule has 2 amide bonds. The molecule has 0 aliphatic heterocycles. The second-order valence-corrected chi connectivity index (χ2v) is 5.64. The molecule has 0 spiro atoms. The number of carboxylic acids is 1. The van der Waals surface area contributed by atoms with Gasteiger partial charge >= 0.3 is 12.0 Å². The third-order valence-corrected chi connectivity index (χ3v) is 3.79. The van der Waals surface area contributed by atoms with Gasteiger partial charge in [0, 0.05) is 19.8 Å². The number of rotatable bonds is 5. The van der Waals surface area contributed by atoms with Gasteiger partial charge in [0.05, 0.1) is 11.9 Å². The summed E-state index contributed by atoms with van der Waals surface area (Å²) in [6.45, 7) is 0.545. The first-order valence-corrected chi connectivity index (χ1v) is 7.31. The van der Waals surface area contributed by atoms with Gasteiger partial charge in [-0.1, -0.05) is 19.3 Å². The molecule has 0 aromatic carbocycles. The molecule has 0 atom stereocenters. The van der Waals surface area contributed by atoms with E-state index in [9.17, 15) is 9.59 Å². The van der Waals surface area contributed by atoms with Crippen molar-refractivity contribution in [2.75, 3.05) is 18.9 Å². The summed E-state index contributed by atoms with van der Waals surface area (Å²) < 4.78 is 1.28. The van der Waals surface area contributed by atoms with Crippen molar-refractivity contribution < 1.29 is 14.7 Å². The number of urea groups is 1. The highest BCUT2D eigenvalue weighted by Crippen LogP contribution is 2.24. The van der Waals surface area contributed by atoms with Gasteiger partial charge < -0.3 is 15.3 Å². The van der Waals surface area contributed by atoms with Gasteiger partial charge in [0.25, 0.3) is 0 Å². The lowest BCUT2D eigenvalue weighted by Gasteiger charge is -2.27. The minimum Gasteiger partial charge on any atom is -0.480 e. The lowest BCUT2D eigenvalue weighted by Crippen LogP contribution is -2.35. The van der Waals surface area contributed by atoms with Crippen LogP contribution in [0.1, 0.15) is 32.1 Å². The number of anilines is 1. The van der Waals surface area contributed by atoms with E-state index in [-0.39, 0.29) is 12.6 Å². The van der Waals surface area contributed by atoms with Crippen molar-refractivity contribution in [3.05, 3.63) is 12.4 Å². The van der Waals surface area contributed by atoms with E-state index in [1.165, 1.54) is 49.2 Å². The Labute approximate surface area is 123 Å². The first-order valence-electron chi connectivity index (χ1n) is 7.31. The Morgan fingerprint density at radius 2 is 2.14 bits per heavy atom. The molecule has 1 aromatic rings. The average Bonchev–Trinajstić information content (AvgIpc) is 2.86. The van der Waals surface area contributed by atoms with Crippen molar-refractivity contribution in [2.45, 2.75) is 38.6 Å². The van der Waals surface area contributed by atoms with E-state index in [1.807, 2.05) is 0 Å². The maximum atomic E-state index is 12.1.